The first kappa shape index (κ1) is 21.1. The third kappa shape index (κ3) is 4.31. The molecule has 2 aromatic heterocycles. The minimum Gasteiger partial charge on any atom is -0.387 e. The highest BCUT2D eigenvalue weighted by atomic mass is 16.2. The van der Waals surface area contributed by atoms with Gasteiger partial charge in [-0.05, 0) is 55.5 Å². The molecule has 1 amide bonds. The van der Waals surface area contributed by atoms with Crippen LogP contribution in [0.15, 0.2) is 71.5 Å². The zero-order chi connectivity index (χ0) is 22.8. The van der Waals surface area contributed by atoms with E-state index in [0.29, 0.717) is 12.4 Å². The summed E-state index contributed by atoms with van der Waals surface area (Å²) >= 11 is 0. The van der Waals surface area contributed by atoms with Gasteiger partial charge < -0.3 is 10.6 Å². The average Bonchev–Trinajstić information content (AvgIpc) is 3.28. The molecule has 3 N–H and O–H groups in total. The van der Waals surface area contributed by atoms with Gasteiger partial charge in [0.05, 0.1) is 11.2 Å². The van der Waals surface area contributed by atoms with Crippen molar-refractivity contribution >= 4 is 28.3 Å². The van der Waals surface area contributed by atoms with E-state index in [-0.39, 0.29) is 17.7 Å². The van der Waals surface area contributed by atoms with E-state index >= 15 is 0 Å². The highest BCUT2D eigenvalue weighted by Crippen LogP contribution is 2.30. The van der Waals surface area contributed by atoms with Gasteiger partial charge in [0.25, 0.3) is 0 Å². The van der Waals surface area contributed by atoms with Crippen LogP contribution in [0.5, 0.6) is 0 Å². The number of nitrogens with zero attached hydrogens (tertiary/aromatic N) is 4. The topological polar surface area (TPSA) is 100 Å². The molecule has 5 rings (SSSR count). The van der Waals surface area contributed by atoms with Gasteiger partial charge in [-0.1, -0.05) is 25.2 Å². The molecule has 3 heterocycles. The van der Waals surface area contributed by atoms with Crippen molar-refractivity contribution in [3.8, 4) is 11.3 Å². The molecule has 1 fully saturated rings. The molecule has 1 aliphatic carbocycles. The van der Waals surface area contributed by atoms with E-state index < -0.39 is 0 Å². The Morgan fingerprint density at radius 1 is 1.24 bits per heavy atom. The largest absolute Gasteiger partial charge is 0.387 e. The van der Waals surface area contributed by atoms with Crippen molar-refractivity contribution in [1.29, 1.82) is 0 Å². The second-order valence-electron chi connectivity index (χ2n) is 8.85. The molecule has 0 saturated carbocycles. The molecule has 168 valence electrons. The Morgan fingerprint density at radius 3 is 2.91 bits per heavy atom. The van der Waals surface area contributed by atoms with Gasteiger partial charge in [-0.2, -0.15) is 5.10 Å². The summed E-state index contributed by atoms with van der Waals surface area (Å²) in [6.07, 6.45) is 12.3. The third-order valence-electron chi connectivity index (χ3n) is 6.56. The van der Waals surface area contributed by atoms with Crippen LogP contribution in [-0.2, 0) is 4.79 Å². The van der Waals surface area contributed by atoms with Gasteiger partial charge in [-0.15, -0.1) is 0 Å². The van der Waals surface area contributed by atoms with Gasteiger partial charge in [0.2, 0.25) is 5.91 Å². The monoisotopic (exact) mass is 440 g/mol. The van der Waals surface area contributed by atoms with Crippen molar-refractivity contribution in [2.45, 2.75) is 26.2 Å². The van der Waals surface area contributed by atoms with Crippen molar-refractivity contribution in [3.05, 3.63) is 66.5 Å². The minimum atomic E-state index is 0.0532. The fourth-order valence-electron chi connectivity index (χ4n) is 4.66. The summed E-state index contributed by atoms with van der Waals surface area (Å²) < 4.78 is 0. The first-order chi connectivity index (χ1) is 16.1. The molecule has 2 atom stereocenters. The molecule has 3 aromatic rings. The molecule has 0 spiro atoms. The number of carbonyl (C=O) groups is 1. The highest BCUT2D eigenvalue weighted by Gasteiger charge is 2.29. The van der Waals surface area contributed by atoms with Crippen LogP contribution in [0.3, 0.4) is 0 Å². The van der Waals surface area contributed by atoms with Crippen LogP contribution in [-0.4, -0.2) is 44.9 Å². The predicted octanol–water partition coefficient (Wildman–Crippen LogP) is 4.37. The molecule has 2 unspecified atom stereocenters. The lowest BCUT2D eigenvalue weighted by Gasteiger charge is -2.34. The number of allylic oxidation sites excluding steroid dienone is 3. The molecular formula is C26H28N6O. The van der Waals surface area contributed by atoms with Gasteiger partial charge in [0.1, 0.15) is 11.5 Å². The highest BCUT2D eigenvalue weighted by molar-refractivity contribution is 5.97. The summed E-state index contributed by atoms with van der Waals surface area (Å²) in [6, 6.07) is 9.79. The zero-order valence-corrected chi connectivity index (χ0v) is 18.7. The van der Waals surface area contributed by atoms with E-state index in [0.717, 1.165) is 59.2 Å². The number of amides is 1. The number of aromatic nitrogens is 3. The number of aliphatic imine (C=N–C) groups is 1. The van der Waals surface area contributed by atoms with Crippen molar-refractivity contribution in [2.75, 3.05) is 13.1 Å². The first-order valence-electron chi connectivity index (χ1n) is 11.5. The molecule has 7 nitrogen and oxygen atoms in total. The maximum atomic E-state index is 13.1. The van der Waals surface area contributed by atoms with Gasteiger partial charge in [0, 0.05) is 47.9 Å². The number of rotatable bonds is 4. The number of carbonyl (C=O) groups excluding carboxylic acids is 1. The van der Waals surface area contributed by atoms with E-state index in [4.69, 9.17) is 10.7 Å². The van der Waals surface area contributed by atoms with Crippen LogP contribution >= 0.6 is 0 Å². The number of hydrogen-bond donors (Lipinski definition) is 2. The second-order valence-corrected chi connectivity index (χ2v) is 8.85. The Balaban J connectivity index is 1.36. The molecule has 0 bridgehead atoms. The number of likely N-dealkylation sites (tertiary alicyclic amines) is 1. The van der Waals surface area contributed by atoms with E-state index in [9.17, 15) is 4.79 Å². The lowest BCUT2D eigenvalue weighted by atomic mass is 9.90. The number of nitrogens with two attached hydrogens (primary N) is 1. The smallest absolute Gasteiger partial charge is 0.250 e. The van der Waals surface area contributed by atoms with Gasteiger partial charge >= 0.3 is 0 Å². The molecule has 0 radical (unpaired) electrons. The maximum Gasteiger partial charge on any atom is 0.250 e. The second kappa shape index (κ2) is 9.02. The number of amidine groups is 1. The summed E-state index contributed by atoms with van der Waals surface area (Å²) in [5.41, 5.74) is 10.9. The summed E-state index contributed by atoms with van der Waals surface area (Å²) in [6.45, 7) is 3.49. The zero-order valence-electron chi connectivity index (χ0n) is 18.7. The van der Waals surface area contributed by atoms with Crippen molar-refractivity contribution < 1.29 is 4.79 Å². The standard InChI is InChI=1S/C26H28N6O/c1-17-5-2-3-7-21(17)26(33)32-14-4-6-19(16-32)25(27)29-20-8-9-23-22(15-20)24(31-30-23)18-10-12-28-13-11-18/h2-3,7-13,15,17,19H,4-6,14,16H2,1H3,(H2,27,29)(H,30,31). The van der Waals surface area contributed by atoms with Crippen LogP contribution in [0.1, 0.15) is 26.2 Å². The number of pyridine rings is 1. The van der Waals surface area contributed by atoms with Crippen molar-refractivity contribution in [1.82, 2.24) is 20.1 Å². The number of aromatic amines is 1. The number of piperidine rings is 1. The Morgan fingerprint density at radius 2 is 2.09 bits per heavy atom. The van der Waals surface area contributed by atoms with Crippen LogP contribution in [0.25, 0.3) is 22.2 Å². The first-order valence-corrected chi connectivity index (χ1v) is 11.5. The number of nitrogens with one attached hydrogen (secondary N) is 1. The quantitative estimate of drug-likeness (QED) is 0.465. The van der Waals surface area contributed by atoms with Crippen molar-refractivity contribution in [3.63, 3.8) is 0 Å². The van der Waals surface area contributed by atoms with Crippen LogP contribution < -0.4 is 5.73 Å². The SMILES string of the molecule is CC1CC=CC=C1C(=O)N1CCCC(C(N)=Nc2ccc3[nH]nc(-c4ccncc4)c3c2)C1. The molecule has 1 saturated heterocycles. The van der Waals surface area contributed by atoms with Gasteiger partial charge in [-0.3, -0.25) is 14.9 Å². The Kier molecular flexibility index (Phi) is 5.77. The summed E-state index contributed by atoms with van der Waals surface area (Å²) in [5, 5.41) is 8.54. The van der Waals surface area contributed by atoms with Crippen LogP contribution in [0.2, 0.25) is 0 Å². The fraction of sp³-hybridized carbons (Fsp3) is 0.308. The lowest BCUT2D eigenvalue weighted by molar-refractivity contribution is -0.129. The summed E-state index contributed by atoms with van der Waals surface area (Å²) in [4.78, 5) is 23.9. The minimum absolute atomic E-state index is 0.0532. The molecule has 1 aromatic carbocycles. The normalized spacial score (nSPS) is 21.3. The molecule has 7 heteroatoms. The Hall–Kier alpha value is -3.74. The summed E-state index contributed by atoms with van der Waals surface area (Å²) in [7, 11) is 0. The fourth-order valence-corrected chi connectivity index (χ4v) is 4.66. The third-order valence-corrected chi connectivity index (χ3v) is 6.56. The van der Waals surface area contributed by atoms with Crippen LogP contribution in [0, 0.1) is 11.8 Å². The molecule has 2 aliphatic rings. The van der Waals surface area contributed by atoms with E-state index in [1.54, 1.807) is 12.4 Å². The van der Waals surface area contributed by atoms with E-state index in [1.165, 1.54) is 0 Å². The number of hydrogen-bond acceptors (Lipinski definition) is 4. The average molecular weight is 441 g/mol. The molecule has 1 aliphatic heterocycles. The van der Waals surface area contributed by atoms with Gasteiger partial charge in [0.15, 0.2) is 0 Å². The Labute approximate surface area is 193 Å². The predicted molar refractivity (Wildman–Crippen MR) is 131 cm³/mol. The summed E-state index contributed by atoms with van der Waals surface area (Å²) in [5.74, 6) is 1.01. The number of fused-ring (bicyclic) bond motifs is 1. The maximum absolute atomic E-state index is 13.1. The van der Waals surface area contributed by atoms with Gasteiger partial charge in [-0.25, -0.2) is 4.99 Å². The molecule has 33 heavy (non-hydrogen) atoms. The van der Waals surface area contributed by atoms with E-state index in [1.807, 2.05) is 47.4 Å². The van der Waals surface area contributed by atoms with E-state index in [2.05, 4.69) is 28.2 Å². The molecular weight excluding hydrogens is 412 g/mol. The number of H-pyrrole nitrogens is 1. The van der Waals surface area contributed by atoms with Crippen molar-refractivity contribution in [2.24, 2.45) is 22.6 Å². The Bertz CT molecular complexity index is 1260. The van der Waals surface area contributed by atoms with Crippen LogP contribution in [0.4, 0.5) is 5.69 Å². The number of benzene rings is 1. The lowest BCUT2D eigenvalue weighted by Crippen LogP contribution is -2.45.